The van der Waals surface area contributed by atoms with E-state index >= 15 is 0 Å². The van der Waals surface area contributed by atoms with Gasteiger partial charge in [-0.05, 0) is 12.0 Å². The third-order valence-corrected chi connectivity index (χ3v) is 2.97. The number of hydrogen-bond donors (Lipinski definition) is 1. The molecule has 2 atom stereocenters. The second kappa shape index (κ2) is 6.95. The number of amides is 1. The molecule has 4 heteroatoms. The van der Waals surface area contributed by atoms with Crippen LogP contribution in [0.4, 0.5) is 4.79 Å². The Morgan fingerprint density at radius 2 is 2.16 bits per heavy atom. The van der Waals surface area contributed by atoms with Crippen LogP contribution < -0.4 is 5.32 Å². The summed E-state index contributed by atoms with van der Waals surface area (Å²) in [5.41, 5.74) is 0.971. The number of benzene rings is 1. The summed E-state index contributed by atoms with van der Waals surface area (Å²) >= 11 is 0. The zero-order chi connectivity index (χ0) is 13.5. The minimum absolute atomic E-state index is 0.105. The van der Waals surface area contributed by atoms with Crippen LogP contribution in [0.15, 0.2) is 42.5 Å². The van der Waals surface area contributed by atoms with Crippen LogP contribution in [-0.4, -0.2) is 24.8 Å². The molecule has 4 nitrogen and oxygen atoms in total. The lowest BCUT2D eigenvalue weighted by Crippen LogP contribution is -2.40. The average molecular weight is 261 g/mol. The maximum atomic E-state index is 11.6. The fourth-order valence-electron chi connectivity index (χ4n) is 1.86. The lowest BCUT2D eigenvalue weighted by molar-refractivity contribution is 0.0594. The van der Waals surface area contributed by atoms with Gasteiger partial charge in [0.1, 0.15) is 6.61 Å². The maximum Gasteiger partial charge on any atom is 0.408 e. The van der Waals surface area contributed by atoms with E-state index < -0.39 is 6.09 Å². The molecule has 0 spiro atoms. The number of carbonyl (C=O) groups excluding carboxylic acids is 1. The van der Waals surface area contributed by atoms with Crippen molar-refractivity contribution in [2.24, 2.45) is 0 Å². The summed E-state index contributed by atoms with van der Waals surface area (Å²) in [5, 5.41) is 2.76. The maximum absolute atomic E-state index is 11.6. The van der Waals surface area contributed by atoms with E-state index in [0.717, 1.165) is 12.0 Å². The highest BCUT2D eigenvalue weighted by atomic mass is 16.5. The number of hydrogen-bond acceptors (Lipinski definition) is 3. The van der Waals surface area contributed by atoms with Gasteiger partial charge in [0.25, 0.3) is 0 Å². The third kappa shape index (κ3) is 4.41. The average Bonchev–Trinajstić information content (AvgIpc) is 2.47. The Bertz CT molecular complexity index is 430. The Kier molecular flexibility index (Phi) is 4.98. The van der Waals surface area contributed by atoms with Crippen molar-refractivity contribution in [3.05, 3.63) is 48.0 Å². The molecule has 0 bridgehead atoms. The lowest BCUT2D eigenvalue weighted by atomic mass is 10.1. The van der Waals surface area contributed by atoms with Crippen LogP contribution in [0.25, 0.3) is 0 Å². The first-order valence-corrected chi connectivity index (χ1v) is 6.55. The minimum Gasteiger partial charge on any atom is -0.445 e. The first-order valence-electron chi connectivity index (χ1n) is 6.55. The normalized spacial score (nSPS) is 21.9. The molecule has 0 radical (unpaired) electrons. The Hall–Kier alpha value is -1.81. The van der Waals surface area contributed by atoms with E-state index in [2.05, 4.69) is 12.2 Å². The molecule has 1 N–H and O–H groups in total. The molecule has 2 unspecified atom stereocenters. The van der Waals surface area contributed by atoms with Crippen LogP contribution in [0, 0.1) is 0 Å². The van der Waals surface area contributed by atoms with E-state index in [0.29, 0.717) is 6.61 Å². The van der Waals surface area contributed by atoms with Gasteiger partial charge < -0.3 is 14.8 Å². The molecule has 1 aromatic rings. The summed E-state index contributed by atoms with van der Waals surface area (Å²) in [5.74, 6) is 0. The van der Waals surface area contributed by atoms with Gasteiger partial charge in [-0.1, -0.05) is 49.4 Å². The Labute approximate surface area is 113 Å². The number of ether oxygens (including phenoxy) is 2. The van der Waals surface area contributed by atoms with Crippen molar-refractivity contribution in [3.8, 4) is 0 Å². The van der Waals surface area contributed by atoms with E-state index in [1.54, 1.807) is 0 Å². The van der Waals surface area contributed by atoms with Gasteiger partial charge >= 0.3 is 6.09 Å². The van der Waals surface area contributed by atoms with Crippen LogP contribution in [0.2, 0.25) is 0 Å². The largest absolute Gasteiger partial charge is 0.445 e. The van der Waals surface area contributed by atoms with Crippen LogP contribution in [-0.2, 0) is 16.1 Å². The molecule has 1 aromatic carbocycles. The molecule has 0 fully saturated rings. The van der Waals surface area contributed by atoms with Crippen molar-refractivity contribution in [2.45, 2.75) is 32.1 Å². The first-order chi connectivity index (χ1) is 9.28. The minimum atomic E-state index is -0.419. The van der Waals surface area contributed by atoms with Crippen molar-refractivity contribution < 1.29 is 14.3 Å². The molecule has 1 aliphatic heterocycles. The van der Waals surface area contributed by atoms with Gasteiger partial charge in [-0.25, -0.2) is 4.79 Å². The van der Waals surface area contributed by atoms with E-state index in [1.165, 1.54) is 0 Å². The Morgan fingerprint density at radius 1 is 1.37 bits per heavy atom. The highest BCUT2D eigenvalue weighted by molar-refractivity contribution is 5.68. The van der Waals surface area contributed by atoms with Crippen molar-refractivity contribution >= 4 is 6.09 Å². The van der Waals surface area contributed by atoms with Crippen LogP contribution >= 0.6 is 0 Å². The molecule has 102 valence electrons. The summed E-state index contributed by atoms with van der Waals surface area (Å²) in [6.07, 6.45) is 4.63. The zero-order valence-corrected chi connectivity index (χ0v) is 11.0. The molecule has 1 aliphatic rings. The fourth-order valence-corrected chi connectivity index (χ4v) is 1.86. The van der Waals surface area contributed by atoms with Gasteiger partial charge in [0, 0.05) is 0 Å². The van der Waals surface area contributed by atoms with Gasteiger partial charge in [0.15, 0.2) is 0 Å². The molecular formula is C15H19NO3. The summed E-state index contributed by atoms with van der Waals surface area (Å²) in [6.45, 7) is 2.84. The highest BCUT2D eigenvalue weighted by Crippen LogP contribution is 2.08. The summed E-state index contributed by atoms with van der Waals surface area (Å²) in [6, 6.07) is 9.49. The van der Waals surface area contributed by atoms with E-state index in [-0.39, 0.29) is 18.8 Å². The predicted octanol–water partition coefficient (Wildman–Crippen LogP) is 2.65. The number of carbonyl (C=O) groups is 1. The number of nitrogens with one attached hydrogen (secondary N) is 1. The van der Waals surface area contributed by atoms with Crippen LogP contribution in [0.1, 0.15) is 18.9 Å². The zero-order valence-electron chi connectivity index (χ0n) is 11.0. The van der Waals surface area contributed by atoms with Gasteiger partial charge in [-0.2, -0.15) is 0 Å². The lowest BCUT2D eigenvalue weighted by Gasteiger charge is -2.23. The van der Waals surface area contributed by atoms with Gasteiger partial charge in [0.05, 0.1) is 18.8 Å². The van der Waals surface area contributed by atoms with E-state index in [4.69, 9.17) is 9.47 Å². The molecule has 0 aliphatic carbocycles. The Balaban J connectivity index is 1.73. The molecule has 19 heavy (non-hydrogen) atoms. The topological polar surface area (TPSA) is 47.6 Å². The van der Waals surface area contributed by atoms with Crippen molar-refractivity contribution in [3.63, 3.8) is 0 Å². The second-order valence-corrected chi connectivity index (χ2v) is 4.48. The molecule has 1 heterocycles. The smallest absolute Gasteiger partial charge is 0.408 e. The van der Waals surface area contributed by atoms with Crippen LogP contribution in [0.3, 0.4) is 0 Å². The summed E-state index contributed by atoms with van der Waals surface area (Å²) < 4.78 is 10.7. The standard InChI is InChI=1S/C15H19NO3/c1-2-14-9-8-13(11-18-14)16-15(17)19-10-12-6-4-3-5-7-12/h3-9,13-14H,2,10-11H2,1H3,(H,16,17). The fraction of sp³-hybridized carbons (Fsp3) is 0.400. The SMILES string of the molecule is CCC1C=CC(NC(=O)OCc2ccccc2)CO1. The predicted molar refractivity (Wildman–Crippen MR) is 72.7 cm³/mol. The molecule has 0 aromatic heterocycles. The van der Waals surface area contributed by atoms with Gasteiger partial charge in [-0.15, -0.1) is 0 Å². The first kappa shape index (κ1) is 13.6. The Morgan fingerprint density at radius 3 is 2.79 bits per heavy atom. The summed E-state index contributed by atoms with van der Waals surface area (Å²) in [7, 11) is 0. The van der Waals surface area contributed by atoms with Crippen molar-refractivity contribution in [2.75, 3.05) is 6.61 Å². The molecule has 0 saturated heterocycles. The third-order valence-electron chi connectivity index (χ3n) is 2.97. The van der Waals surface area contributed by atoms with Gasteiger partial charge in [0.2, 0.25) is 0 Å². The molecule has 2 rings (SSSR count). The molecule has 1 amide bonds. The number of alkyl carbamates (subject to hydrolysis) is 1. The molecule has 0 saturated carbocycles. The number of rotatable bonds is 4. The summed E-state index contributed by atoms with van der Waals surface area (Å²) in [4.78, 5) is 11.6. The van der Waals surface area contributed by atoms with E-state index in [9.17, 15) is 4.79 Å². The van der Waals surface area contributed by atoms with Crippen molar-refractivity contribution in [1.82, 2.24) is 5.32 Å². The second-order valence-electron chi connectivity index (χ2n) is 4.48. The highest BCUT2D eigenvalue weighted by Gasteiger charge is 2.16. The quantitative estimate of drug-likeness (QED) is 0.848. The van der Waals surface area contributed by atoms with Crippen molar-refractivity contribution in [1.29, 1.82) is 0 Å². The van der Waals surface area contributed by atoms with Crippen LogP contribution in [0.5, 0.6) is 0 Å². The van der Waals surface area contributed by atoms with Gasteiger partial charge in [-0.3, -0.25) is 0 Å². The van der Waals surface area contributed by atoms with E-state index in [1.807, 2.05) is 42.5 Å². The molecular weight excluding hydrogens is 242 g/mol. The monoisotopic (exact) mass is 261 g/mol.